The highest BCUT2D eigenvalue weighted by atomic mass is 31.1. The topological polar surface area (TPSA) is 27.1 Å². The molecular formula is C33H37N2OP. The molecule has 3 aromatic carbocycles. The molecule has 4 aromatic rings. The lowest BCUT2D eigenvalue weighted by Gasteiger charge is -2.36. The highest BCUT2D eigenvalue weighted by Gasteiger charge is 2.62. The number of hydrogen-bond acceptors (Lipinski definition) is 2. The van der Waals surface area contributed by atoms with E-state index >= 15 is 0 Å². The third-order valence-electron chi connectivity index (χ3n) is 9.57. The fourth-order valence-corrected chi connectivity index (χ4v) is 9.92. The first-order valence-electron chi connectivity index (χ1n) is 13.4. The van der Waals surface area contributed by atoms with E-state index in [0.29, 0.717) is 5.92 Å². The molecule has 2 bridgehead atoms. The quantitative estimate of drug-likeness (QED) is 0.279. The van der Waals surface area contributed by atoms with Crippen molar-refractivity contribution in [2.45, 2.75) is 65.7 Å². The number of methoxy groups -OCH3 is 1. The van der Waals surface area contributed by atoms with Crippen molar-refractivity contribution >= 4 is 23.8 Å². The second kappa shape index (κ2) is 8.57. The summed E-state index contributed by atoms with van der Waals surface area (Å²) in [5.41, 5.74) is 8.10. The Morgan fingerprint density at radius 2 is 1.43 bits per heavy atom. The molecule has 0 radical (unpaired) electrons. The maximum atomic E-state index is 6.11. The van der Waals surface area contributed by atoms with Crippen LogP contribution in [0.25, 0.3) is 5.69 Å². The fourth-order valence-electron chi connectivity index (χ4n) is 7.17. The van der Waals surface area contributed by atoms with Crippen molar-refractivity contribution in [1.82, 2.24) is 9.78 Å². The van der Waals surface area contributed by atoms with E-state index in [1.165, 1.54) is 56.8 Å². The van der Waals surface area contributed by atoms with Gasteiger partial charge in [-0.2, -0.15) is 5.10 Å². The van der Waals surface area contributed by atoms with Gasteiger partial charge in [-0.1, -0.05) is 81.4 Å². The lowest BCUT2D eigenvalue weighted by Crippen LogP contribution is -2.35. The van der Waals surface area contributed by atoms with Crippen LogP contribution in [0.3, 0.4) is 0 Å². The zero-order valence-corrected chi connectivity index (χ0v) is 24.0. The Hall–Kier alpha value is -2.90. The van der Waals surface area contributed by atoms with E-state index < -0.39 is 7.92 Å². The predicted octanol–water partition coefficient (Wildman–Crippen LogP) is 6.74. The van der Waals surface area contributed by atoms with Gasteiger partial charge in [0.25, 0.3) is 0 Å². The zero-order valence-electron chi connectivity index (χ0n) is 23.1. The number of rotatable bonds is 5. The van der Waals surface area contributed by atoms with E-state index in [2.05, 4.69) is 113 Å². The van der Waals surface area contributed by atoms with Crippen LogP contribution in [0.1, 0.15) is 67.6 Å². The van der Waals surface area contributed by atoms with Gasteiger partial charge < -0.3 is 4.74 Å². The highest BCUT2D eigenvalue weighted by molar-refractivity contribution is 7.80. The van der Waals surface area contributed by atoms with Gasteiger partial charge in [-0.3, -0.25) is 0 Å². The molecule has 0 N–H and O–H groups in total. The van der Waals surface area contributed by atoms with Crippen molar-refractivity contribution in [2.24, 2.45) is 5.41 Å². The van der Waals surface area contributed by atoms with Gasteiger partial charge in [0.2, 0.25) is 0 Å². The number of fused-ring (bicyclic) bond motifs is 5. The number of ether oxygens (including phenoxy) is 1. The molecule has 190 valence electrons. The molecule has 0 aliphatic heterocycles. The number of aromatic nitrogens is 2. The van der Waals surface area contributed by atoms with E-state index in [4.69, 9.17) is 9.84 Å². The van der Waals surface area contributed by atoms with Crippen molar-refractivity contribution in [3.05, 3.63) is 94.8 Å². The van der Waals surface area contributed by atoms with Crippen molar-refractivity contribution < 1.29 is 4.74 Å². The summed E-state index contributed by atoms with van der Waals surface area (Å²) in [4.78, 5) is 0. The van der Waals surface area contributed by atoms with Crippen LogP contribution < -0.4 is 20.7 Å². The maximum Gasteiger partial charge on any atom is 0.145 e. The Morgan fingerprint density at radius 1 is 0.838 bits per heavy atom. The molecule has 4 heteroatoms. The van der Waals surface area contributed by atoms with Gasteiger partial charge in [0.1, 0.15) is 11.4 Å². The van der Waals surface area contributed by atoms with E-state index in [-0.39, 0.29) is 10.8 Å². The number of para-hydroxylation sites is 1. The lowest BCUT2D eigenvalue weighted by molar-refractivity contribution is 0.222. The normalized spacial score (nSPS) is 21.5. The maximum absolute atomic E-state index is 6.11. The molecule has 1 heterocycles. The highest BCUT2D eigenvalue weighted by Crippen LogP contribution is 2.68. The summed E-state index contributed by atoms with van der Waals surface area (Å²) < 4.78 is 8.40. The molecule has 0 saturated heterocycles. The Labute approximate surface area is 222 Å². The Morgan fingerprint density at radius 3 is 2.03 bits per heavy atom. The Kier molecular flexibility index (Phi) is 5.66. The Bertz CT molecular complexity index is 1470. The first-order chi connectivity index (χ1) is 17.7. The molecule has 3 nitrogen and oxygen atoms in total. The van der Waals surface area contributed by atoms with Gasteiger partial charge in [-0.15, -0.1) is 0 Å². The van der Waals surface area contributed by atoms with Gasteiger partial charge in [-0.25, -0.2) is 4.68 Å². The second-order valence-corrected chi connectivity index (χ2v) is 13.8. The van der Waals surface area contributed by atoms with Crippen molar-refractivity contribution in [2.75, 3.05) is 7.11 Å². The van der Waals surface area contributed by atoms with Gasteiger partial charge >= 0.3 is 0 Å². The summed E-state index contributed by atoms with van der Waals surface area (Å²) in [6.45, 7) is 14.1. The molecule has 2 aliphatic rings. The number of aryl methyl sites for hydroxylation is 3. The Balaban J connectivity index is 1.68. The van der Waals surface area contributed by atoms with Crippen LogP contribution in [-0.4, -0.2) is 16.9 Å². The minimum atomic E-state index is -0.840. The van der Waals surface area contributed by atoms with Crippen LogP contribution in [0.5, 0.6) is 5.75 Å². The summed E-state index contributed by atoms with van der Waals surface area (Å²) in [5.74, 6) is 1.45. The summed E-state index contributed by atoms with van der Waals surface area (Å²) in [6.07, 6.45) is 2.46. The SMILES string of the molecule is COc1cccc(P(c2ccccc2C)c2ccccc2C)c1-n1nc(C)c2c1[C@]1(C)CC[C@H]2C1(C)C. The van der Waals surface area contributed by atoms with Crippen LogP contribution in [-0.2, 0) is 5.41 Å². The van der Waals surface area contributed by atoms with Crippen molar-refractivity contribution in [3.8, 4) is 11.4 Å². The molecule has 1 fully saturated rings. The lowest BCUT2D eigenvalue weighted by atomic mass is 9.70. The average molecular weight is 509 g/mol. The van der Waals surface area contributed by atoms with E-state index in [9.17, 15) is 0 Å². The van der Waals surface area contributed by atoms with Gasteiger partial charge in [0.15, 0.2) is 0 Å². The van der Waals surface area contributed by atoms with E-state index in [0.717, 1.165) is 11.4 Å². The third-order valence-corrected chi connectivity index (χ3v) is 12.4. The third kappa shape index (κ3) is 3.33. The minimum Gasteiger partial charge on any atom is -0.494 e. The van der Waals surface area contributed by atoms with E-state index in [1.54, 1.807) is 7.11 Å². The molecule has 1 saturated carbocycles. The average Bonchev–Trinajstić information content (AvgIpc) is 3.41. The molecule has 37 heavy (non-hydrogen) atoms. The standard InChI is InChI=1S/C33H37N2OP/c1-21-13-8-10-16-26(21)37(27-17-11-9-14-22(27)2)28-18-12-15-25(36-7)30(28)35-31-29(23(3)34-35)24-19-20-33(31,6)32(24,4)5/h8-18,24H,19-20H2,1-7H3/t24-,33+/m1/s1. The predicted molar refractivity (Wildman–Crippen MR) is 156 cm³/mol. The molecule has 0 unspecified atom stereocenters. The monoisotopic (exact) mass is 508 g/mol. The van der Waals surface area contributed by atoms with Crippen molar-refractivity contribution in [1.29, 1.82) is 0 Å². The van der Waals surface area contributed by atoms with Gasteiger partial charge in [0.05, 0.1) is 18.5 Å². The summed E-state index contributed by atoms with van der Waals surface area (Å²) >= 11 is 0. The fraction of sp³-hybridized carbons (Fsp3) is 0.364. The van der Waals surface area contributed by atoms with Crippen LogP contribution in [0.4, 0.5) is 0 Å². The number of hydrogen-bond donors (Lipinski definition) is 0. The smallest absolute Gasteiger partial charge is 0.145 e. The molecule has 2 atom stereocenters. The minimum absolute atomic E-state index is 0.0838. The van der Waals surface area contributed by atoms with E-state index in [1.807, 2.05) is 0 Å². The first-order valence-corrected chi connectivity index (χ1v) is 14.7. The molecular weight excluding hydrogens is 471 g/mol. The van der Waals surface area contributed by atoms with Crippen LogP contribution in [0.2, 0.25) is 0 Å². The molecule has 1 aromatic heterocycles. The second-order valence-electron chi connectivity index (χ2n) is 11.6. The number of benzene rings is 3. The van der Waals surface area contributed by atoms with Crippen LogP contribution >= 0.6 is 7.92 Å². The van der Waals surface area contributed by atoms with Gasteiger partial charge in [-0.05, 0) is 80.7 Å². The van der Waals surface area contributed by atoms with Crippen LogP contribution in [0.15, 0.2) is 66.7 Å². The largest absolute Gasteiger partial charge is 0.494 e. The van der Waals surface area contributed by atoms with Crippen molar-refractivity contribution in [3.63, 3.8) is 0 Å². The molecule has 2 aliphatic carbocycles. The molecule has 0 amide bonds. The molecule has 0 spiro atoms. The summed E-state index contributed by atoms with van der Waals surface area (Å²) in [6, 6.07) is 24.3. The first kappa shape index (κ1) is 24.4. The summed E-state index contributed by atoms with van der Waals surface area (Å²) in [5, 5.41) is 9.35. The van der Waals surface area contributed by atoms with Crippen LogP contribution in [0, 0.1) is 26.2 Å². The summed E-state index contributed by atoms with van der Waals surface area (Å²) in [7, 11) is 0.953. The number of nitrogens with zero attached hydrogens (tertiary/aromatic N) is 2. The molecule has 6 rings (SSSR count). The zero-order chi connectivity index (χ0) is 26.1. The van der Waals surface area contributed by atoms with Gasteiger partial charge in [0, 0.05) is 16.3 Å².